The molecule has 0 heterocycles. The van der Waals surface area contributed by atoms with Crippen molar-refractivity contribution in [3.05, 3.63) is 82.9 Å². The first-order chi connectivity index (χ1) is 15.1. The smallest absolute Gasteiger partial charge is 0.223 e. The van der Waals surface area contributed by atoms with Crippen LogP contribution in [-0.2, 0) is 4.79 Å². The van der Waals surface area contributed by atoms with Crippen LogP contribution in [0.4, 0.5) is 0 Å². The maximum absolute atomic E-state index is 12.6. The highest BCUT2D eigenvalue weighted by Crippen LogP contribution is 2.25. The molecule has 0 radical (unpaired) electrons. The number of aliphatic hydroxyl groups is 2. The van der Waals surface area contributed by atoms with E-state index in [1.54, 1.807) is 30.3 Å². The molecular weight excluding hydrogens is 445 g/mol. The van der Waals surface area contributed by atoms with Crippen molar-refractivity contribution in [1.29, 1.82) is 0 Å². The molecule has 4 nitrogen and oxygen atoms in total. The zero-order valence-corrected chi connectivity index (χ0v) is 20.6. The Bertz CT molecular complexity index is 804. The summed E-state index contributed by atoms with van der Waals surface area (Å²) in [5, 5.41) is 24.2. The molecule has 2 aromatic rings. The molecule has 2 rings (SSSR count). The highest BCUT2D eigenvalue weighted by atomic mass is 35.5. The molecule has 0 aromatic heterocycles. The van der Waals surface area contributed by atoms with E-state index in [0.29, 0.717) is 24.3 Å². The van der Waals surface area contributed by atoms with Gasteiger partial charge in [-0.1, -0.05) is 80.4 Å². The SMILES string of the molecule is C=CCC(CC[C@@H](O)c1ccc(Cl)cc1)C(=O)NC(CO)C(C)(C)C.Clc1ccccc1. The van der Waals surface area contributed by atoms with Gasteiger partial charge in [0.2, 0.25) is 5.91 Å². The van der Waals surface area contributed by atoms with Crippen LogP contribution in [0.3, 0.4) is 0 Å². The number of hydrogen-bond acceptors (Lipinski definition) is 3. The van der Waals surface area contributed by atoms with E-state index in [4.69, 9.17) is 23.2 Å². The van der Waals surface area contributed by atoms with Crippen molar-refractivity contribution in [3.8, 4) is 0 Å². The van der Waals surface area contributed by atoms with Gasteiger partial charge in [0.05, 0.1) is 18.8 Å². The standard InChI is InChI=1S/C20H30ClNO3.C6H5Cl/c1-5-6-15(19(25)22-18(13-23)20(2,3)4)9-12-17(24)14-7-10-16(21)11-8-14;7-6-4-2-1-3-5-6/h5,7-8,10-11,15,17-18,23-24H,1,6,9,12-13H2,2-4H3,(H,22,25);1-5H/t15?,17-,18?;/m1./s1. The minimum atomic E-state index is -0.645. The molecule has 3 N–H and O–H groups in total. The number of allylic oxidation sites excluding steroid dienone is 1. The van der Waals surface area contributed by atoms with Gasteiger partial charge in [-0.2, -0.15) is 0 Å². The van der Waals surface area contributed by atoms with Gasteiger partial charge in [0, 0.05) is 16.0 Å². The summed E-state index contributed by atoms with van der Waals surface area (Å²) in [6.45, 7) is 9.53. The van der Waals surface area contributed by atoms with Crippen LogP contribution in [0.1, 0.15) is 51.7 Å². The lowest BCUT2D eigenvalue weighted by Crippen LogP contribution is -2.48. The molecule has 0 fully saturated rings. The minimum absolute atomic E-state index is 0.108. The number of carbonyl (C=O) groups is 1. The lowest BCUT2D eigenvalue weighted by molar-refractivity contribution is -0.127. The fraction of sp³-hybridized carbons (Fsp3) is 0.423. The van der Waals surface area contributed by atoms with Crippen LogP contribution >= 0.6 is 23.2 Å². The third-order valence-corrected chi connectivity index (χ3v) is 5.65. The number of halogens is 2. The lowest BCUT2D eigenvalue weighted by atomic mass is 9.86. The summed E-state index contributed by atoms with van der Waals surface area (Å²) in [6.07, 6.45) is 2.59. The average molecular weight is 480 g/mol. The predicted octanol–water partition coefficient (Wildman–Crippen LogP) is 6.21. The molecule has 176 valence electrons. The first-order valence-corrected chi connectivity index (χ1v) is 11.5. The Kier molecular flexibility index (Phi) is 12.6. The van der Waals surface area contributed by atoms with Crippen LogP contribution in [0, 0.1) is 11.3 Å². The Morgan fingerprint density at radius 2 is 1.59 bits per heavy atom. The van der Waals surface area contributed by atoms with Gasteiger partial charge < -0.3 is 15.5 Å². The van der Waals surface area contributed by atoms with Crippen molar-refractivity contribution in [1.82, 2.24) is 5.32 Å². The van der Waals surface area contributed by atoms with Crippen molar-refractivity contribution < 1.29 is 15.0 Å². The number of rotatable bonds is 9. The molecule has 0 saturated carbocycles. The molecule has 0 bridgehead atoms. The Morgan fingerprint density at radius 3 is 2.03 bits per heavy atom. The number of aliphatic hydroxyl groups excluding tert-OH is 2. The minimum Gasteiger partial charge on any atom is -0.394 e. The quantitative estimate of drug-likeness (QED) is 0.374. The van der Waals surface area contributed by atoms with Gasteiger partial charge >= 0.3 is 0 Å². The average Bonchev–Trinajstić information content (AvgIpc) is 2.75. The first kappa shape index (κ1) is 28.2. The Labute approximate surface area is 202 Å². The van der Waals surface area contributed by atoms with Crippen molar-refractivity contribution in [2.24, 2.45) is 11.3 Å². The zero-order valence-electron chi connectivity index (χ0n) is 19.1. The fourth-order valence-corrected chi connectivity index (χ4v) is 3.28. The second kappa shape index (κ2) is 14.3. The van der Waals surface area contributed by atoms with Gasteiger partial charge in [-0.05, 0) is 54.5 Å². The summed E-state index contributed by atoms with van der Waals surface area (Å²) < 4.78 is 0. The fourth-order valence-electron chi connectivity index (χ4n) is 3.01. The summed E-state index contributed by atoms with van der Waals surface area (Å²) in [6, 6.07) is 16.2. The monoisotopic (exact) mass is 479 g/mol. The molecule has 2 unspecified atom stereocenters. The molecule has 0 aliphatic carbocycles. The maximum atomic E-state index is 12.6. The van der Waals surface area contributed by atoms with Crippen LogP contribution in [0.5, 0.6) is 0 Å². The van der Waals surface area contributed by atoms with Crippen LogP contribution in [0.2, 0.25) is 10.0 Å². The van der Waals surface area contributed by atoms with E-state index in [0.717, 1.165) is 10.6 Å². The summed E-state index contributed by atoms with van der Waals surface area (Å²) in [5.74, 6) is -0.395. The van der Waals surface area contributed by atoms with E-state index in [9.17, 15) is 15.0 Å². The number of nitrogens with one attached hydrogen (secondary N) is 1. The highest BCUT2D eigenvalue weighted by molar-refractivity contribution is 6.30. The topological polar surface area (TPSA) is 69.6 Å². The van der Waals surface area contributed by atoms with E-state index in [-0.39, 0.29) is 29.9 Å². The Morgan fingerprint density at radius 1 is 1.03 bits per heavy atom. The van der Waals surface area contributed by atoms with E-state index >= 15 is 0 Å². The van der Waals surface area contributed by atoms with Gasteiger partial charge in [0.25, 0.3) is 0 Å². The maximum Gasteiger partial charge on any atom is 0.223 e. The summed E-state index contributed by atoms with van der Waals surface area (Å²) in [5.41, 5.74) is 0.552. The zero-order chi connectivity index (χ0) is 24.1. The van der Waals surface area contributed by atoms with Gasteiger partial charge in [-0.15, -0.1) is 6.58 Å². The predicted molar refractivity (Wildman–Crippen MR) is 134 cm³/mol. The number of carbonyl (C=O) groups excluding carboxylic acids is 1. The molecule has 2 aromatic carbocycles. The van der Waals surface area contributed by atoms with E-state index in [1.165, 1.54) is 0 Å². The summed E-state index contributed by atoms with van der Waals surface area (Å²) in [7, 11) is 0. The summed E-state index contributed by atoms with van der Waals surface area (Å²) in [4.78, 5) is 12.6. The Hall–Kier alpha value is -1.85. The van der Waals surface area contributed by atoms with Crippen LogP contribution in [-0.4, -0.2) is 28.8 Å². The van der Waals surface area contributed by atoms with Gasteiger partial charge in [-0.3, -0.25) is 4.79 Å². The summed E-state index contributed by atoms with van der Waals surface area (Å²) >= 11 is 11.4. The van der Waals surface area contributed by atoms with Gasteiger partial charge in [0.15, 0.2) is 0 Å². The molecule has 1 amide bonds. The van der Waals surface area contributed by atoms with Crippen LogP contribution in [0.15, 0.2) is 67.3 Å². The number of amides is 1. The second-order valence-corrected chi connectivity index (χ2v) is 9.64. The van der Waals surface area contributed by atoms with Crippen molar-refractivity contribution >= 4 is 29.1 Å². The van der Waals surface area contributed by atoms with Crippen molar-refractivity contribution in [3.63, 3.8) is 0 Å². The van der Waals surface area contributed by atoms with Gasteiger partial charge in [0.1, 0.15) is 0 Å². The van der Waals surface area contributed by atoms with Crippen LogP contribution < -0.4 is 5.32 Å². The molecule has 0 aliphatic heterocycles. The van der Waals surface area contributed by atoms with Crippen molar-refractivity contribution in [2.75, 3.05) is 6.61 Å². The van der Waals surface area contributed by atoms with E-state index in [1.807, 2.05) is 51.1 Å². The third-order valence-electron chi connectivity index (χ3n) is 5.14. The molecule has 0 spiro atoms. The van der Waals surface area contributed by atoms with Crippen molar-refractivity contribution in [2.45, 2.75) is 52.2 Å². The van der Waals surface area contributed by atoms with Crippen LogP contribution in [0.25, 0.3) is 0 Å². The van der Waals surface area contributed by atoms with Gasteiger partial charge in [-0.25, -0.2) is 0 Å². The normalized spacial score (nSPS) is 13.8. The lowest BCUT2D eigenvalue weighted by Gasteiger charge is -2.31. The number of benzene rings is 2. The van der Waals surface area contributed by atoms with E-state index < -0.39 is 6.10 Å². The molecular formula is C26H35Cl2NO3. The molecule has 3 atom stereocenters. The molecule has 6 heteroatoms. The first-order valence-electron chi connectivity index (χ1n) is 10.7. The largest absolute Gasteiger partial charge is 0.394 e. The molecule has 32 heavy (non-hydrogen) atoms. The molecule has 0 aliphatic rings. The second-order valence-electron chi connectivity index (χ2n) is 8.77. The van der Waals surface area contributed by atoms with E-state index in [2.05, 4.69) is 11.9 Å². The Balaban J connectivity index is 0.000000616. The highest BCUT2D eigenvalue weighted by Gasteiger charge is 2.28. The molecule has 0 saturated heterocycles. The number of hydrogen-bond donors (Lipinski definition) is 3. The third kappa shape index (κ3) is 10.6.